The Balaban J connectivity index is 1.93. The highest BCUT2D eigenvalue weighted by atomic mass is 35.5. The molecule has 10 heteroatoms. The van der Waals surface area contributed by atoms with E-state index in [1.54, 1.807) is 24.3 Å². The van der Waals surface area contributed by atoms with Gasteiger partial charge in [0.25, 0.3) is 11.8 Å². The fraction of sp³-hybridized carbons (Fsp3) is 0.0455. The lowest BCUT2D eigenvalue weighted by Gasteiger charge is -2.20. The average Bonchev–Trinajstić information content (AvgIpc) is 3.02. The van der Waals surface area contributed by atoms with E-state index in [4.69, 9.17) is 46.4 Å². The minimum absolute atomic E-state index is 0.0121. The summed E-state index contributed by atoms with van der Waals surface area (Å²) in [7, 11) is 0. The summed E-state index contributed by atoms with van der Waals surface area (Å²) >= 11 is 24.5. The molecule has 4 rings (SSSR count). The van der Waals surface area contributed by atoms with Gasteiger partial charge >= 0.3 is 5.97 Å². The summed E-state index contributed by atoms with van der Waals surface area (Å²) in [5.41, 5.74) is 0.271. The van der Waals surface area contributed by atoms with E-state index in [1.165, 1.54) is 6.07 Å². The van der Waals surface area contributed by atoms with Crippen LogP contribution in [0.15, 0.2) is 42.5 Å². The third-order valence-corrected chi connectivity index (χ3v) is 6.81. The zero-order chi connectivity index (χ0) is 23.3. The highest BCUT2D eigenvalue weighted by molar-refractivity contribution is 6.56. The normalized spacial score (nSPS) is 12.9. The van der Waals surface area contributed by atoms with Crippen LogP contribution >= 0.6 is 46.4 Å². The molecule has 6 nitrogen and oxygen atoms in total. The number of carboxylic acids is 1. The maximum atomic E-state index is 13.2. The van der Waals surface area contributed by atoms with Gasteiger partial charge in [-0.3, -0.25) is 9.59 Å². The number of halogens is 4. The number of nitrogens with zero attached hydrogens (tertiary/aromatic N) is 1. The van der Waals surface area contributed by atoms with Crippen LogP contribution in [-0.2, 0) is 6.42 Å². The van der Waals surface area contributed by atoms with E-state index in [0.29, 0.717) is 5.56 Å². The topological polar surface area (TPSA) is 94.9 Å². The second kappa shape index (κ2) is 8.30. The fourth-order valence-electron chi connectivity index (χ4n) is 3.53. The Labute approximate surface area is 201 Å². The van der Waals surface area contributed by atoms with Crippen LogP contribution in [0.25, 0.3) is 0 Å². The van der Waals surface area contributed by atoms with Crippen LogP contribution in [0, 0.1) is 0 Å². The molecule has 32 heavy (non-hydrogen) atoms. The molecule has 0 fully saturated rings. The number of anilines is 1. The molecule has 0 aliphatic carbocycles. The summed E-state index contributed by atoms with van der Waals surface area (Å²) in [6.07, 6.45) is 0.174. The number of fused-ring (bicyclic) bond motifs is 1. The highest BCUT2D eigenvalue weighted by Gasteiger charge is 2.43. The number of hydrogen-bond acceptors (Lipinski definition) is 4. The number of aromatic hydroxyl groups is 1. The smallest absolute Gasteiger partial charge is 0.339 e. The van der Waals surface area contributed by atoms with Crippen molar-refractivity contribution in [2.75, 3.05) is 4.90 Å². The summed E-state index contributed by atoms with van der Waals surface area (Å²) in [6, 6.07) is 11.3. The van der Waals surface area contributed by atoms with Crippen molar-refractivity contribution in [1.82, 2.24) is 0 Å². The Kier molecular flexibility index (Phi) is 5.81. The molecule has 1 heterocycles. The van der Waals surface area contributed by atoms with E-state index in [2.05, 4.69) is 0 Å². The Bertz CT molecular complexity index is 1280. The van der Waals surface area contributed by atoms with Gasteiger partial charge in [-0.05, 0) is 23.6 Å². The van der Waals surface area contributed by atoms with Crippen LogP contribution in [0.2, 0.25) is 20.1 Å². The van der Waals surface area contributed by atoms with Gasteiger partial charge in [-0.15, -0.1) is 0 Å². The largest absolute Gasteiger partial charge is 0.507 e. The van der Waals surface area contributed by atoms with Crippen molar-refractivity contribution in [3.8, 4) is 5.75 Å². The maximum absolute atomic E-state index is 13.2. The van der Waals surface area contributed by atoms with Gasteiger partial charge in [0.1, 0.15) is 11.3 Å². The lowest BCUT2D eigenvalue weighted by molar-refractivity contribution is 0.0693. The molecule has 0 unspecified atom stereocenters. The average molecular weight is 511 g/mol. The Morgan fingerprint density at radius 2 is 1.38 bits per heavy atom. The van der Waals surface area contributed by atoms with E-state index < -0.39 is 23.5 Å². The van der Waals surface area contributed by atoms with Gasteiger partial charge in [0, 0.05) is 6.07 Å². The number of amides is 2. The summed E-state index contributed by atoms with van der Waals surface area (Å²) in [4.78, 5) is 38.8. The van der Waals surface area contributed by atoms with Crippen molar-refractivity contribution in [3.05, 3.63) is 90.4 Å². The molecule has 2 amide bonds. The van der Waals surface area contributed by atoms with Crippen molar-refractivity contribution < 1.29 is 24.6 Å². The molecular weight excluding hydrogens is 500 g/mol. The number of carbonyl (C=O) groups excluding carboxylic acids is 2. The van der Waals surface area contributed by atoms with Crippen molar-refractivity contribution in [1.29, 1.82) is 0 Å². The van der Waals surface area contributed by atoms with Crippen molar-refractivity contribution in [3.63, 3.8) is 0 Å². The minimum Gasteiger partial charge on any atom is -0.507 e. The molecule has 0 spiro atoms. The minimum atomic E-state index is -1.37. The van der Waals surface area contributed by atoms with Crippen LogP contribution in [0.5, 0.6) is 5.75 Å². The van der Waals surface area contributed by atoms with Crippen LogP contribution in [0.4, 0.5) is 5.69 Å². The molecule has 2 N–H and O–H groups in total. The zero-order valence-corrected chi connectivity index (χ0v) is 18.9. The molecule has 162 valence electrons. The van der Waals surface area contributed by atoms with Gasteiger partial charge in [-0.1, -0.05) is 76.7 Å². The first-order chi connectivity index (χ1) is 15.1. The van der Waals surface area contributed by atoms with Gasteiger partial charge < -0.3 is 10.2 Å². The predicted octanol–water partition coefficient (Wildman–Crippen LogP) is 6.10. The SMILES string of the molecule is O=C(O)c1cc(Cc2ccccc2)c(N2C(=O)c3c(Cl)c(Cl)c(Cl)c(Cl)c3C2=O)cc1O. The van der Waals surface area contributed by atoms with Crippen LogP contribution in [0.3, 0.4) is 0 Å². The monoisotopic (exact) mass is 509 g/mol. The first-order valence-electron chi connectivity index (χ1n) is 9.01. The fourth-order valence-corrected chi connectivity index (χ4v) is 4.54. The van der Waals surface area contributed by atoms with Crippen molar-refractivity contribution in [2.24, 2.45) is 0 Å². The first kappa shape index (κ1) is 22.4. The number of phenols is 1. The van der Waals surface area contributed by atoms with Crippen LogP contribution < -0.4 is 4.90 Å². The molecule has 0 saturated heterocycles. The lowest BCUT2D eigenvalue weighted by atomic mass is 9.99. The third kappa shape index (κ3) is 3.49. The molecule has 3 aromatic carbocycles. The highest BCUT2D eigenvalue weighted by Crippen LogP contribution is 2.46. The zero-order valence-electron chi connectivity index (χ0n) is 15.8. The number of hydrogen-bond donors (Lipinski definition) is 2. The van der Waals surface area contributed by atoms with Crippen molar-refractivity contribution in [2.45, 2.75) is 6.42 Å². The molecule has 3 aromatic rings. The number of carboxylic acid groups (broad SMARTS) is 1. The standard InChI is InChI=1S/C22H11Cl4NO5/c23-16-14-15(17(24)19(26)18(16)25)21(30)27(20(14)29)12-8-13(28)11(22(31)32)7-10(12)6-9-4-2-1-3-5-9/h1-5,7-8,28H,6H2,(H,31,32). The van der Waals surface area contributed by atoms with Gasteiger partial charge in [-0.25, -0.2) is 9.69 Å². The summed E-state index contributed by atoms with van der Waals surface area (Å²) < 4.78 is 0. The van der Waals surface area contributed by atoms with E-state index in [1.807, 2.05) is 6.07 Å². The van der Waals surface area contributed by atoms with Gasteiger partial charge in [0.15, 0.2) is 0 Å². The van der Waals surface area contributed by atoms with E-state index in [-0.39, 0.29) is 48.9 Å². The maximum Gasteiger partial charge on any atom is 0.339 e. The van der Waals surface area contributed by atoms with E-state index >= 15 is 0 Å². The summed E-state index contributed by atoms with van der Waals surface area (Å²) in [5, 5.41) is 18.9. The second-order valence-corrected chi connectivity index (χ2v) is 8.43. The molecule has 0 atom stereocenters. The van der Waals surface area contributed by atoms with Gasteiger partial charge in [-0.2, -0.15) is 0 Å². The molecule has 0 bridgehead atoms. The number of benzene rings is 3. The molecule has 1 aliphatic heterocycles. The Hall–Kier alpha value is -2.77. The van der Waals surface area contributed by atoms with Gasteiger partial charge in [0.05, 0.1) is 36.9 Å². The first-order valence-corrected chi connectivity index (χ1v) is 10.5. The second-order valence-electron chi connectivity index (χ2n) is 6.92. The lowest BCUT2D eigenvalue weighted by Crippen LogP contribution is -2.30. The Morgan fingerprint density at radius 3 is 1.88 bits per heavy atom. The van der Waals surface area contributed by atoms with E-state index in [0.717, 1.165) is 16.5 Å². The van der Waals surface area contributed by atoms with Crippen molar-refractivity contribution >= 4 is 69.9 Å². The molecule has 1 aliphatic rings. The third-order valence-electron chi connectivity index (χ3n) is 5.01. The van der Waals surface area contributed by atoms with Crippen LogP contribution in [0.1, 0.15) is 42.2 Å². The number of imide groups is 1. The number of aromatic carboxylic acids is 1. The summed E-state index contributed by atoms with van der Waals surface area (Å²) in [5.74, 6) is -3.64. The van der Waals surface area contributed by atoms with E-state index in [9.17, 15) is 24.6 Å². The quantitative estimate of drug-likeness (QED) is 0.251. The Morgan fingerprint density at radius 1 is 0.844 bits per heavy atom. The number of carbonyl (C=O) groups is 3. The van der Waals surface area contributed by atoms with Crippen LogP contribution in [-0.4, -0.2) is 28.0 Å². The van der Waals surface area contributed by atoms with Gasteiger partial charge in [0.2, 0.25) is 0 Å². The predicted molar refractivity (Wildman–Crippen MR) is 122 cm³/mol. The molecule has 0 saturated carbocycles. The number of rotatable bonds is 4. The summed E-state index contributed by atoms with van der Waals surface area (Å²) in [6.45, 7) is 0. The molecular formula is C22H11Cl4NO5. The molecule has 0 radical (unpaired) electrons. The molecule has 0 aromatic heterocycles.